The van der Waals surface area contributed by atoms with Gasteiger partial charge in [0, 0.05) is 9.75 Å². The minimum Gasteiger partial charge on any atom is -0.254 e. The van der Waals surface area contributed by atoms with E-state index in [4.69, 9.17) is 0 Å². The normalized spacial score (nSPS) is 12.6. The van der Waals surface area contributed by atoms with E-state index in [-0.39, 0.29) is 0 Å². The van der Waals surface area contributed by atoms with Gasteiger partial charge in [0.2, 0.25) is 0 Å². The monoisotopic (exact) mass is 268 g/mol. The lowest BCUT2D eigenvalue weighted by atomic mass is 10.3. The van der Waals surface area contributed by atoms with Crippen LogP contribution in [0.5, 0.6) is 0 Å². The van der Waals surface area contributed by atoms with E-state index in [2.05, 4.69) is 6.92 Å². The van der Waals surface area contributed by atoms with Crippen LogP contribution in [0.15, 0.2) is 41.3 Å². The molecule has 0 saturated heterocycles. The summed E-state index contributed by atoms with van der Waals surface area (Å²) < 4.78 is 25.4. The molecule has 0 fully saturated rings. The lowest BCUT2D eigenvalue weighted by Crippen LogP contribution is -1.97. The zero-order chi connectivity index (χ0) is 12.3. The van der Waals surface area contributed by atoms with Gasteiger partial charge < -0.3 is 0 Å². The van der Waals surface area contributed by atoms with Gasteiger partial charge in [-0.3, -0.25) is 4.21 Å². The van der Waals surface area contributed by atoms with Crippen molar-refractivity contribution in [2.75, 3.05) is 0 Å². The number of aryl methyl sites for hydroxylation is 1. The molecule has 0 aliphatic heterocycles. The van der Waals surface area contributed by atoms with E-state index in [1.807, 2.05) is 12.1 Å². The first-order valence-electron chi connectivity index (χ1n) is 5.41. The van der Waals surface area contributed by atoms with Gasteiger partial charge in [-0.05, 0) is 30.7 Å². The van der Waals surface area contributed by atoms with Crippen LogP contribution in [0.4, 0.5) is 4.39 Å². The third-order valence-electron chi connectivity index (χ3n) is 2.42. The molecule has 17 heavy (non-hydrogen) atoms. The molecule has 1 aromatic carbocycles. The lowest BCUT2D eigenvalue weighted by molar-refractivity contribution is 0.595. The summed E-state index contributed by atoms with van der Waals surface area (Å²) in [4.78, 5) is 2.60. The van der Waals surface area contributed by atoms with Crippen LogP contribution in [0.1, 0.15) is 16.7 Å². The van der Waals surface area contributed by atoms with Crippen LogP contribution in [0.3, 0.4) is 0 Å². The summed E-state index contributed by atoms with van der Waals surface area (Å²) in [6.45, 7) is 2.09. The van der Waals surface area contributed by atoms with Crippen molar-refractivity contribution < 1.29 is 8.60 Å². The zero-order valence-electron chi connectivity index (χ0n) is 9.48. The predicted octanol–water partition coefficient (Wildman–Crippen LogP) is 3.76. The molecule has 0 bridgehead atoms. The Morgan fingerprint density at radius 1 is 1.18 bits per heavy atom. The van der Waals surface area contributed by atoms with Crippen molar-refractivity contribution in [3.05, 3.63) is 52.0 Å². The number of benzene rings is 1. The molecule has 2 aromatic rings. The van der Waals surface area contributed by atoms with Crippen LogP contribution < -0.4 is 0 Å². The van der Waals surface area contributed by atoms with Gasteiger partial charge in [-0.2, -0.15) is 0 Å². The predicted molar refractivity (Wildman–Crippen MR) is 70.2 cm³/mol. The molecular formula is C13H13FOS2. The Kier molecular flexibility index (Phi) is 4.07. The summed E-state index contributed by atoms with van der Waals surface area (Å²) in [7, 11) is -1.30. The van der Waals surface area contributed by atoms with Crippen molar-refractivity contribution in [1.29, 1.82) is 0 Å². The Labute approximate surface area is 107 Å². The molecule has 0 aliphatic carbocycles. The number of hydrogen-bond donors (Lipinski definition) is 0. The van der Waals surface area contributed by atoms with Crippen molar-refractivity contribution >= 4 is 22.1 Å². The average Bonchev–Trinajstić information content (AvgIpc) is 2.77. The third-order valence-corrected chi connectivity index (χ3v) is 5.23. The summed E-state index contributed by atoms with van der Waals surface area (Å²) in [6, 6.07) is 10.3. The highest BCUT2D eigenvalue weighted by Gasteiger charge is 2.11. The smallest absolute Gasteiger partial charge is 0.139 e. The summed E-state index contributed by atoms with van der Waals surface area (Å²) in [6.07, 6.45) is 0.983. The molecule has 2 rings (SSSR count). The second-order valence-electron chi connectivity index (χ2n) is 3.64. The molecule has 0 amide bonds. The van der Waals surface area contributed by atoms with E-state index in [9.17, 15) is 8.60 Å². The molecule has 90 valence electrons. The Morgan fingerprint density at radius 3 is 2.53 bits per heavy atom. The Balaban J connectivity index is 2.14. The standard InChI is InChI=1S/C13H13FOS2/c1-2-10-7-8-11(16-10)9-17(15)13-6-4-3-5-12(13)14/h3-8H,2,9H2,1H3. The van der Waals surface area contributed by atoms with Gasteiger partial charge in [0.1, 0.15) is 5.82 Å². The summed E-state index contributed by atoms with van der Waals surface area (Å²) >= 11 is 1.65. The first-order chi connectivity index (χ1) is 8.20. The summed E-state index contributed by atoms with van der Waals surface area (Å²) in [5.41, 5.74) is 0. The maximum atomic E-state index is 13.4. The maximum absolute atomic E-state index is 13.4. The molecule has 0 radical (unpaired) electrons. The molecule has 1 nitrogen and oxygen atoms in total. The van der Waals surface area contributed by atoms with E-state index < -0.39 is 16.6 Å². The second-order valence-corrected chi connectivity index (χ2v) is 6.31. The van der Waals surface area contributed by atoms with Crippen LogP contribution in [0.25, 0.3) is 0 Å². The highest BCUT2D eigenvalue weighted by molar-refractivity contribution is 7.84. The van der Waals surface area contributed by atoms with Crippen LogP contribution in [0.2, 0.25) is 0 Å². The number of rotatable bonds is 4. The Bertz CT molecular complexity index is 534. The fourth-order valence-corrected chi connectivity index (χ4v) is 3.86. The highest BCUT2D eigenvalue weighted by atomic mass is 32.2. The van der Waals surface area contributed by atoms with Gasteiger partial charge in [-0.25, -0.2) is 4.39 Å². The molecule has 1 unspecified atom stereocenters. The number of hydrogen-bond acceptors (Lipinski definition) is 2. The summed E-state index contributed by atoms with van der Waals surface area (Å²) in [5, 5.41) is 0. The summed E-state index contributed by atoms with van der Waals surface area (Å²) in [5.74, 6) is 0.00380. The fourth-order valence-electron chi connectivity index (χ4n) is 1.53. The molecule has 0 aliphatic rings. The molecule has 1 heterocycles. The van der Waals surface area contributed by atoms with Crippen molar-refractivity contribution in [2.45, 2.75) is 24.0 Å². The van der Waals surface area contributed by atoms with Crippen LogP contribution in [-0.4, -0.2) is 4.21 Å². The topological polar surface area (TPSA) is 17.1 Å². The van der Waals surface area contributed by atoms with E-state index in [0.717, 1.165) is 11.3 Å². The van der Waals surface area contributed by atoms with Crippen LogP contribution >= 0.6 is 11.3 Å². The highest BCUT2D eigenvalue weighted by Crippen LogP contribution is 2.21. The Morgan fingerprint density at radius 2 is 1.88 bits per heavy atom. The van der Waals surface area contributed by atoms with Crippen molar-refractivity contribution in [3.8, 4) is 0 Å². The minimum absolute atomic E-state index is 0.291. The fraction of sp³-hybridized carbons (Fsp3) is 0.231. The molecule has 0 spiro atoms. The van der Waals surface area contributed by atoms with Gasteiger partial charge in [-0.1, -0.05) is 19.1 Å². The molecule has 0 N–H and O–H groups in total. The van der Waals surface area contributed by atoms with Crippen molar-refractivity contribution in [2.24, 2.45) is 0 Å². The molecule has 1 aromatic heterocycles. The van der Waals surface area contributed by atoms with E-state index >= 15 is 0 Å². The van der Waals surface area contributed by atoms with E-state index in [0.29, 0.717) is 10.6 Å². The lowest BCUT2D eigenvalue weighted by Gasteiger charge is -2.01. The number of thiophene rings is 1. The molecule has 1 atom stereocenters. The molecular weight excluding hydrogens is 255 g/mol. The van der Waals surface area contributed by atoms with E-state index in [1.54, 1.807) is 29.5 Å². The van der Waals surface area contributed by atoms with Gasteiger partial charge in [0.25, 0.3) is 0 Å². The van der Waals surface area contributed by atoms with Gasteiger partial charge >= 0.3 is 0 Å². The van der Waals surface area contributed by atoms with Gasteiger partial charge in [0.05, 0.1) is 21.4 Å². The molecule has 4 heteroatoms. The van der Waals surface area contributed by atoms with Gasteiger partial charge in [-0.15, -0.1) is 11.3 Å². The SMILES string of the molecule is CCc1ccc(CS(=O)c2ccccc2F)s1. The van der Waals surface area contributed by atoms with Gasteiger partial charge in [0.15, 0.2) is 0 Å². The maximum Gasteiger partial charge on any atom is 0.139 e. The minimum atomic E-state index is -1.30. The van der Waals surface area contributed by atoms with E-state index in [1.165, 1.54) is 10.9 Å². The van der Waals surface area contributed by atoms with Crippen molar-refractivity contribution in [3.63, 3.8) is 0 Å². The quantitative estimate of drug-likeness (QED) is 0.825. The first-order valence-corrected chi connectivity index (χ1v) is 7.54. The Hall–Kier alpha value is -1.00. The number of halogens is 1. The van der Waals surface area contributed by atoms with Crippen LogP contribution in [0, 0.1) is 5.82 Å². The first kappa shape index (κ1) is 12.5. The second kappa shape index (κ2) is 5.56. The largest absolute Gasteiger partial charge is 0.254 e. The third kappa shape index (κ3) is 3.01. The van der Waals surface area contributed by atoms with Crippen LogP contribution in [-0.2, 0) is 23.0 Å². The van der Waals surface area contributed by atoms with Crippen molar-refractivity contribution in [1.82, 2.24) is 0 Å². The zero-order valence-corrected chi connectivity index (χ0v) is 11.1. The molecule has 0 saturated carbocycles. The average molecular weight is 268 g/mol.